The third-order valence-electron chi connectivity index (χ3n) is 3.53. The topological polar surface area (TPSA) is 53.0 Å². The Morgan fingerprint density at radius 1 is 1.45 bits per heavy atom. The molecule has 1 aliphatic rings. The zero-order valence-corrected chi connectivity index (χ0v) is 13.4. The van der Waals surface area contributed by atoms with Crippen molar-refractivity contribution in [2.24, 2.45) is 5.92 Å². The van der Waals surface area contributed by atoms with Crippen molar-refractivity contribution in [2.75, 3.05) is 39.3 Å². The highest BCUT2D eigenvalue weighted by atomic mass is 16.6. The van der Waals surface area contributed by atoms with Gasteiger partial charge in [0.2, 0.25) is 0 Å². The molecule has 1 saturated heterocycles. The van der Waals surface area contributed by atoms with Gasteiger partial charge in [0.15, 0.2) is 0 Å². The molecule has 0 bridgehead atoms. The number of carbonyl (C=O) groups excluding carboxylic acids is 1. The van der Waals surface area contributed by atoms with Crippen LogP contribution in [0.25, 0.3) is 0 Å². The number of β-amino-alcohol motifs (C(OH)–C–C–N with tert-alkyl or cyclic N) is 1. The van der Waals surface area contributed by atoms with E-state index in [-0.39, 0.29) is 12.7 Å². The molecule has 5 nitrogen and oxygen atoms in total. The molecule has 0 aromatic carbocycles. The van der Waals surface area contributed by atoms with Crippen LogP contribution < -0.4 is 0 Å². The van der Waals surface area contributed by atoms with Crippen molar-refractivity contribution in [3.05, 3.63) is 0 Å². The van der Waals surface area contributed by atoms with Crippen molar-refractivity contribution in [1.82, 2.24) is 9.80 Å². The number of rotatable bonds is 5. The van der Waals surface area contributed by atoms with Gasteiger partial charge < -0.3 is 19.6 Å². The molecule has 1 fully saturated rings. The van der Waals surface area contributed by atoms with Crippen LogP contribution in [-0.2, 0) is 4.74 Å². The van der Waals surface area contributed by atoms with Crippen LogP contribution >= 0.6 is 0 Å². The van der Waals surface area contributed by atoms with Crippen molar-refractivity contribution < 1.29 is 14.6 Å². The molecule has 1 heterocycles. The molecular formula is C15H30N2O3. The predicted molar refractivity (Wildman–Crippen MR) is 79.7 cm³/mol. The summed E-state index contributed by atoms with van der Waals surface area (Å²) in [5, 5.41) is 9.02. The Morgan fingerprint density at radius 3 is 2.70 bits per heavy atom. The van der Waals surface area contributed by atoms with Crippen LogP contribution in [0.5, 0.6) is 0 Å². The van der Waals surface area contributed by atoms with E-state index in [0.29, 0.717) is 12.5 Å². The van der Waals surface area contributed by atoms with E-state index in [9.17, 15) is 4.79 Å². The van der Waals surface area contributed by atoms with Gasteiger partial charge in [-0.3, -0.25) is 0 Å². The molecule has 0 saturated carbocycles. The highest BCUT2D eigenvalue weighted by Crippen LogP contribution is 2.18. The van der Waals surface area contributed by atoms with E-state index in [0.717, 1.165) is 39.0 Å². The number of ether oxygens (including phenoxy) is 1. The normalized spacial score (nSPS) is 20.8. The quantitative estimate of drug-likeness (QED) is 0.839. The van der Waals surface area contributed by atoms with Crippen LogP contribution in [0.1, 0.15) is 40.5 Å². The largest absolute Gasteiger partial charge is 0.444 e. The molecule has 118 valence electrons. The molecule has 0 spiro atoms. The van der Waals surface area contributed by atoms with Gasteiger partial charge in [-0.2, -0.15) is 0 Å². The minimum absolute atomic E-state index is 0.205. The zero-order valence-electron chi connectivity index (χ0n) is 13.4. The minimum atomic E-state index is -0.444. The monoisotopic (exact) mass is 286 g/mol. The number of likely N-dealkylation sites (tertiary alicyclic amines) is 1. The first-order valence-corrected chi connectivity index (χ1v) is 7.67. The van der Waals surface area contributed by atoms with Crippen LogP contribution in [-0.4, -0.2) is 65.9 Å². The fraction of sp³-hybridized carbons (Fsp3) is 0.933. The van der Waals surface area contributed by atoms with Crippen molar-refractivity contribution in [2.45, 2.75) is 46.1 Å². The van der Waals surface area contributed by atoms with E-state index in [1.54, 1.807) is 4.90 Å². The summed E-state index contributed by atoms with van der Waals surface area (Å²) < 4.78 is 5.44. The molecule has 1 aliphatic heterocycles. The Labute approximate surface area is 122 Å². The van der Waals surface area contributed by atoms with E-state index in [2.05, 4.69) is 4.90 Å². The number of hydrogen-bond donors (Lipinski definition) is 1. The first-order chi connectivity index (χ1) is 9.35. The number of nitrogens with zero attached hydrogens (tertiary/aromatic N) is 2. The van der Waals surface area contributed by atoms with E-state index < -0.39 is 5.60 Å². The Hall–Kier alpha value is -0.810. The Kier molecular flexibility index (Phi) is 6.76. The maximum Gasteiger partial charge on any atom is 0.410 e. The number of aliphatic hydroxyl groups is 1. The van der Waals surface area contributed by atoms with Gasteiger partial charge >= 0.3 is 6.09 Å². The highest BCUT2D eigenvalue weighted by Gasteiger charge is 2.26. The maximum absolute atomic E-state index is 12.1. The van der Waals surface area contributed by atoms with Gasteiger partial charge in [0, 0.05) is 26.2 Å². The summed E-state index contributed by atoms with van der Waals surface area (Å²) in [6.07, 6.45) is 2.05. The van der Waals surface area contributed by atoms with E-state index in [1.165, 1.54) is 0 Å². The van der Waals surface area contributed by atoms with Crippen molar-refractivity contribution in [3.8, 4) is 0 Å². The lowest BCUT2D eigenvalue weighted by Crippen LogP contribution is -2.45. The molecule has 0 unspecified atom stereocenters. The van der Waals surface area contributed by atoms with Gasteiger partial charge in [-0.15, -0.1) is 0 Å². The van der Waals surface area contributed by atoms with Crippen molar-refractivity contribution in [3.63, 3.8) is 0 Å². The second-order valence-electron chi connectivity index (χ2n) is 6.55. The van der Waals surface area contributed by atoms with Crippen LogP contribution in [0.15, 0.2) is 0 Å². The maximum atomic E-state index is 12.1. The fourth-order valence-corrected chi connectivity index (χ4v) is 2.62. The van der Waals surface area contributed by atoms with Crippen LogP contribution in [0.4, 0.5) is 4.79 Å². The second kappa shape index (κ2) is 7.84. The number of piperidine rings is 1. The minimum Gasteiger partial charge on any atom is -0.444 e. The van der Waals surface area contributed by atoms with Crippen LogP contribution in [0.2, 0.25) is 0 Å². The van der Waals surface area contributed by atoms with Gasteiger partial charge in [-0.05, 0) is 53.0 Å². The van der Waals surface area contributed by atoms with Crippen LogP contribution in [0, 0.1) is 5.92 Å². The molecule has 1 rings (SSSR count). The van der Waals surface area contributed by atoms with Gasteiger partial charge in [0.25, 0.3) is 0 Å². The molecule has 0 aliphatic carbocycles. The van der Waals surface area contributed by atoms with Crippen LogP contribution in [0.3, 0.4) is 0 Å². The first-order valence-electron chi connectivity index (χ1n) is 7.67. The molecule has 1 atom stereocenters. The fourth-order valence-electron chi connectivity index (χ4n) is 2.62. The smallest absolute Gasteiger partial charge is 0.410 e. The van der Waals surface area contributed by atoms with E-state index in [4.69, 9.17) is 9.84 Å². The average Bonchev–Trinajstić information content (AvgIpc) is 2.34. The summed E-state index contributed by atoms with van der Waals surface area (Å²) in [6.45, 7) is 12.0. The van der Waals surface area contributed by atoms with Gasteiger partial charge in [-0.25, -0.2) is 4.79 Å². The standard InChI is InChI=1S/C15H30N2O3/c1-5-17(14(19)20-15(2,3)4)12-13-7-6-8-16(11-13)9-10-18/h13,18H,5-12H2,1-4H3/t13-/m1/s1. The molecule has 0 radical (unpaired) electrons. The third-order valence-corrected chi connectivity index (χ3v) is 3.53. The van der Waals surface area contributed by atoms with Crippen molar-refractivity contribution >= 4 is 6.09 Å². The molecule has 1 N–H and O–H groups in total. The first kappa shape index (κ1) is 17.2. The molecular weight excluding hydrogens is 256 g/mol. The average molecular weight is 286 g/mol. The summed E-state index contributed by atoms with van der Waals surface area (Å²) >= 11 is 0. The zero-order chi connectivity index (χ0) is 15.2. The predicted octanol–water partition coefficient (Wildman–Crippen LogP) is 1.95. The Balaban J connectivity index is 2.48. The lowest BCUT2D eigenvalue weighted by atomic mass is 9.97. The number of aliphatic hydroxyl groups excluding tert-OH is 1. The van der Waals surface area contributed by atoms with Gasteiger partial charge in [-0.1, -0.05) is 0 Å². The molecule has 1 amide bonds. The van der Waals surface area contributed by atoms with Gasteiger partial charge in [0.1, 0.15) is 5.60 Å². The van der Waals surface area contributed by atoms with E-state index in [1.807, 2.05) is 27.7 Å². The van der Waals surface area contributed by atoms with Gasteiger partial charge in [0.05, 0.1) is 6.61 Å². The summed E-state index contributed by atoms with van der Waals surface area (Å²) in [5.41, 5.74) is -0.444. The summed E-state index contributed by atoms with van der Waals surface area (Å²) in [7, 11) is 0. The molecule has 20 heavy (non-hydrogen) atoms. The van der Waals surface area contributed by atoms with Crippen molar-refractivity contribution in [1.29, 1.82) is 0 Å². The lowest BCUT2D eigenvalue weighted by Gasteiger charge is -2.35. The molecule has 5 heteroatoms. The molecule has 0 aromatic rings. The van der Waals surface area contributed by atoms with E-state index >= 15 is 0 Å². The summed E-state index contributed by atoms with van der Waals surface area (Å²) in [5.74, 6) is 0.475. The Morgan fingerprint density at radius 2 is 2.15 bits per heavy atom. The number of hydrogen-bond acceptors (Lipinski definition) is 4. The number of carbonyl (C=O) groups is 1. The Bertz CT molecular complexity index is 300. The lowest BCUT2D eigenvalue weighted by molar-refractivity contribution is 0.0194. The third kappa shape index (κ3) is 6.09. The highest BCUT2D eigenvalue weighted by molar-refractivity contribution is 5.68. The summed E-state index contributed by atoms with van der Waals surface area (Å²) in [4.78, 5) is 16.2. The number of amides is 1. The second-order valence-corrected chi connectivity index (χ2v) is 6.55. The molecule has 0 aromatic heterocycles. The SMILES string of the molecule is CCN(C[C@@H]1CCCN(CCO)C1)C(=O)OC(C)(C)C. The summed E-state index contributed by atoms with van der Waals surface area (Å²) in [6, 6.07) is 0.